The number of methoxy groups -OCH3 is 2. The predicted molar refractivity (Wildman–Crippen MR) is 74.0 cm³/mol. The lowest BCUT2D eigenvalue weighted by Crippen LogP contribution is -2.09. The second kappa shape index (κ2) is 8.40. The van der Waals surface area contributed by atoms with E-state index in [2.05, 4.69) is 6.92 Å². The number of benzene rings is 1. The Kier molecular flexibility index (Phi) is 6.79. The van der Waals surface area contributed by atoms with Gasteiger partial charge < -0.3 is 14.2 Å². The zero-order valence-electron chi connectivity index (χ0n) is 11.9. The van der Waals surface area contributed by atoms with Crippen molar-refractivity contribution in [2.75, 3.05) is 20.8 Å². The van der Waals surface area contributed by atoms with Crippen molar-refractivity contribution in [3.63, 3.8) is 0 Å². The molecule has 0 fully saturated rings. The smallest absolute Gasteiger partial charge is 0.342 e. The molecule has 0 radical (unpaired) electrons. The molecule has 0 heterocycles. The third kappa shape index (κ3) is 4.47. The molecular weight excluding hydrogens is 244 g/mol. The molecule has 1 aromatic rings. The highest BCUT2D eigenvalue weighted by Gasteiger charge is 2.17. The Balaban J connectivity index is 2.61. The topological polar surface area (TPSA) is 44.8 Å². The van der Waals surface area contributed by atoms with Gasteiger partial charge in [0.1, 0.15) is 5.56 Å². The summed E-state index contributed by atoms with van der Waals surface area (Å²) in [4.78, 5) is 12.0. The summed E-state index contributed by atoms with van der Waals surface area (Å²) in [6, 6.07) is 5.17. The van der Waals surface area contributed by atoms with Gasteiger partial charge >= 0.3 is 5.97 Å². The molecule has 0 amide bonds. The van der Waals surface area contributed by atoms with Crippen LogP contribution in [0.5, 0.6) is 11.5 Å². The van der Waals surface area contributed by atoms with E-state index in [-0.39, 0.29) is 5.97 Å². The molecule has 1 rings (SSSR count). The van der Waals surface area contributed by atoms with E-state index in [9.17, 15) is 4.79 Å². The number of esters is 1. The highest BCUT2D eigenvalue weighted by molar-refractivity contribution is 5.93. The van der Waals surface area contributed by atoms with Gasteiger partial charge in [0, 0.05) is 0 Å². The average molecular weight is 266 g/mol. The van der Waals surface area contributed by atoms with Gasteiger partial charge in [-0.2, -0.15) is 0 Å². The normalized spacial score (nSPS) is 10.1. The number of unbranched alkanes of at least 4 members (excludes halogenated alkanes) is 3. The summed E-state index contributed by atoms with van der Waals surface area (Å²) in [7, 11) is 3.05. The Morgan fingerprint density at radius 3 is 2.53 bits per heavy atom. The van der Waals surface area contributed by atoms with Crippen LogP contribution in [0, 0.1) is 0 Å². The maximum Gasteiger partial charge on any atom is 0.342 e. The van der Waals surface area contributed by atoms with Crippen molar-refractivity contribution in [1.82, 2.24) is 0 Å². The van der Waals surface area contributed by atoms with Crippen LogP contribution in [0.3, 0.4) is 0 Å². The Labute approximate surface area is 114 Å². The Morgan fingerprint density at radius 2 is 1.89 bits per heavy atom. The molecule has 4 nitrogen and oxygen atoms in total. The highest BCUT2D eigenvalue weighted by atomic mass is 16.5. The van der Waals surface area contributed by atoms with Crippen LogP contribution in [0.15, 0.2) is 18.2 Å². The van der Waals surface area contributed by atoms with Gasteiger partial charge in [-0.25, -0.2) is 4.79 Å². The first kappa shape index (κ1) is 15.3. The summed E-state index contributed by atoms with van der Waals surface area (Å²) >= 11 is 0. The van der Waals surface area contributed by atoms with Crippen molar-refractivity contribution in [2.24, 2.45) is 0 Å². The van der Waals surface area contributed by atoms with Crippen LogP contribution >= 0.6 is 0 Å². The number of para-hydroxylation sites is 1. The molecule has 0 bridgehead atoms. The fourth-order valence-corrected chi connectivity index (χ4v) is 1.82. The van der Waals surface area contributed by atoms with Gasteiger partial charge in [0.15, 0.2) is 11.5 Å². The van der Waals surface area contributed by atoms with Gasteiger partial charge in [-0.05, 0) is 18.6 Å². The summed E-state index contributed by atoms with van der Waals surface area (Å²) in [5, 5.41) is 0. The number of carbonyl (C=O) groups excluding carboxylic acids is 1. The lowest BCUT2D eigenvalue weighted by atomic mass is 10.2. The fraction of sp³-hybridized carbons (Fsp3) is 0.533. The van der Waals surface area contributed by atoms with Crippen LogP contribution in [0.1, 0.15) is 43.0 Å². The standard InChI is InChI=1S/C15H22O4/c1-4-5-6-7-11-19-15(16)12-9-8-10-13(17-2)14(12)18-3/h8-10H,4-7,11H2,1-3H3. The third-order valence-electron chi connectivity index (χ3n) is 2.85. The van der Waals surface area contributed by atoms with Crippen molar-refractivity contribution in [2.45, 2.75) is 32.6 Å². The molecule has 0 atom stereocenters. The molecule has 0 aliphatic carbocycles. The van der Waals surface area contributed by atoms with Gasteiger partial charge in [0.2, 0.25) is 0 Å². The minimum absolute atomic E-state index is 0.368. The van der Waals surface area contributed by atoms with Crippen molar-refractivity contribution >= 4 is 5.97 Å². The van der Waals surface area contributed by atoms with E-state index in [1.165, 1.54) is 20.6 Å². The van der Waals surface area contributed by atoms with Crippen LogP contribution in [-0.4, -0.2) is 26.8 Å². The molecule has 0 aliphatic heterocycles. The van der Waals surface area contributed by atoms with Crippen LogP contribution in [0.2, 0.25) is 0 Å². The molecule has 0 unspecified atom stereocenters. The molecule has 4 heteroatoms. The molecule has 106 valence electrons. The molecule has 0 saturated carbocycles. The van der Waals surface area contributed by atoms with Crippen LogP contribution in [0.4, 0.5) is 0 Å². The number of carbonyl (C=O) groups is 1. The minimum Gasteiger partial charge on any atom is -0.493 e. The fourth-order valence-electron chi connectivity index (χ4n) is 1.82. The summed E-state index contributed by atoms with van der Waals surface area (Å²) in [5.74, 6) is 0.582. The second-order valence-corrected chi connectivity index (χ2v) is 4.24. The first-order chi connectivity index (χ1) is 9.24. The molecule has 0 aliphatic rings. The maximum atomic E-state index is 12.0. The quantitative estimate of drug-likeness (QED) is 0.534. The number of hydrogen-bond donors (Lipinski definition) is 0. The Hall–Kier alpha value is -1.71. The largest absolute Gasteiger partial charge is 0.493 e. The highest BCUT2D eigenvalue weighted by Crippen LogP contribution is 2.31. The molecule has 1 aromatic carbocycles. The molecule has 0 aromatic heterocycles. The Morgan fingerprint density at radius 1 is 1.11 bits per heavy atom. The zero-order valence-corrected chi connectivity index (χ0v) is 11.9. The SMILES string of the molecule is CCCCCCOC(=O)c1cccc(OC)c1OC. The van der Waals surface area contributed by atoms with Crippen molar-refractivity contribution < 1.29 is 19.0 Å². The molecular formula is C15H22O4. The van der Waals surface area contributed by atoms with E-state index in [4.69, 9.17) is 14.2 Å². The summed E-state index contributed by atoms with van der Waals surface area (Å²) < 4.78 is 15.6. The van der Waals surface area contributed by atoms with Crippen molar-refractivity contribution in [1.29, 1.82) is 0 Å². The first-order valence-corrected chi connectivity index (χ1v) is 6.62. The van der Waals surface area contributed by atoms with Gasteiger partial charge in [-0.3, -0.25) is 0 Å². The van der Waals surface area contributed by atoms with Crippen LogP contribution in [0.25, 0.3) is 0 Å². The second-order valence-electron chi connectivity index (χ2n) is 4.24. The van der Waals surface area contributed by atoms with Crippen LogP contribution < -0.4 is 9.47 Å². The van der Waals surface area contributed by atoms with Crippen LogP contribution in [-0.2, 0) is 4.74 Å². The van der Waals surface area contributed by atoms with E-state index in [0.717, 1.165) is 19.3 Å². The van der Waals surface area contributed by atoms with Gasteiger partial charge in [-0.15, -0.1) is 0 Å². The summed E-state index contributed by atoms with van der Waals surface area (Å²) in [6.07, 6.45) is 4.31. The first-order valence-electron chi connectivity index (χ1n) is 6.62. The zero-order chi connectivity index (χ0) is 14.1. The minimum atomic E-state index is -0.368. The number of hydrogen-bond acceptors (Lipinski definition) is 4. The molecule has 0 spiro atoms. The summed E-state index contributed by atoms with van der Waals surface area (Å²) in [6.45, 7) is 2.59. The Bertz CT molecular complexity index is 401. The lowest BCUT2D eigenvalue weighted by molar-refractivity contribution is 0.0493. The third-order valence-corrected chi connectivity index (χ3v) is 2.85. The monoisotopic (exact) mass is 266 g/mol. The predicted octanol–water partition coefficient (Wildman–Crippen LogP) is 3.44. The van der Waals surface area contributed by atoms with Crippen molar-refractivity contribution in [3.8, 4) is 11.5 Å². The van der Waals surface area contributed by atoms with Gasteiger partial charge in [0.25, 0.3) is 0 Å². The van der Waals surface area contributed by atoms with E-state index >= 15 is 0 Å². The lowest BCUT2D eigenvalue weighted by Gasteiger charge is -2.12. The maximum absolute atomic E-state index is 12.0. The van der Waals surface area contributed by atoms with E-state index in [1.807, 2.05) is 0 Å². The average Bonchev–Trinajstić information content (AvgIpc) is 2.45. The molecule has 19 heavy (non-hydrogen) atoms. The summed E-state index contributed by atoms with van der Waals surface area (Å²) in [5.41, 5.74) is 0.400. The van der Waals surface area contributed by atoms with Crippen molar-refractivity contribution in [3.05, 3.63) is 23.8 Å². The molecule has 0 saturated heterocycles. The molecule has 0 N–H and O–H groups in total. The van der Waals surface area contributed by atoms with E-state index in [0.29, 0.717) is 23.7 Å². The number of ether oxygens (including phenoxy) is 3. The van der Waals surface area contributed by atoms with Gasteiger partial charge in [0.05, 0.1) is 20.8 Å². The van der Waals surface area contributed by atoms with E-state index < -0.39 is 0 Å². The number of rotatable bonds is 8. The van der Waals surface area contributed by atoms with E-state index in [1.54, 1.807) is 18.2 Å². The van der Waals surface area contributed by atoms with Gasteiger partial charge in [-0.1, -0.05) is 32.3 Å².